The van der Waals surface area contributed by atoms with E-state index in [2.05, 4.69) is 34.9 Å². The molecule has 1 heterocycles. The molecule has 1 aromatic heterocycles. The zero-order valence-corrected chi connectivity index (χ0v) is 11.4. The molecule has 0 aliphatic carbocycles. The molecule has 2 atom stereocenters. The maximum absolute atomic E-state index is 5.64. The van der Waals surface area contributed by atoms with Crippen LogP contribution in [0.3, 0.4) is 0 Å². The molecule has 4 heteroatoms. The molecule has 1 N–H and O–H groups in total. The third kappa shape index (κ3) is 4.13. The molecule has 0 radical (unpaired) electrons. The van der Waals surface area contributed by atoms with Gasteiger partial charge in [-0.25, -0.2) is 4.98 Å². The molecule has 0 aliphatic heterocycles. The van der Waals surface area contributed by atoms with Gasteiger partial charge in [-0.2, -0.15) is 0 Å². The van der Waals surface area contributed by atoms with Crippen LogP contribution in [0.25, 0.3) is 0 Å². The lowest BCUT2D eigenvalue weighted by Gasteiger charge is -2.23. The van der Waals surface area contributed by atoms with Crippen LogP contribution in [0.1, 0.15) is 33.0 Å². The van der Waals surface area contributed by atoms with E-state index >= 15 is 0 Å². The molecule has 0 fully saturated rings. The Balaban J connectivity index is 2.63. The summed E-state index contributed by atoms with van der Waals surface area (Å²) < 4.78 is 7.87. The summed E-state index contributed by atoms with van der Waals surface area (Å²) in [7, 11) is 1.98. The van der Waals surface area contributed by atoms with Gasteiger partial charge in [0.25, 0.3) is 0 Å². The maximum atomic E-state index is 5.64. The minimum atomic E-state index is 0.205. The van der Waals surface area contributed by atoms with Crippen molar-refractivity contribution in [1.29, 1.82) is 0 Å². The van der Waals surface area contributed by atoms with E-state index in [1.807, 2.05) is 20.2 Å². The van der Waals surface area contributed by atoms with Crippen LogP contribution in [0.15, 0.2) is 12.4 Å². The van der Waals surface area contributed by atoms with Crippen LogP contribution in [-0.2, 0) is 17.7 Å². The van der Waals surface area contributed by atoms with Crippen molar-refractivity contribution >= 4 is 0 Å². The molecule has 0 aliphatic rings. The van der Waals surface area contributed by atoms with Gasteiger partial charge in [0, 0.05) is 38.0 Å². The van der Waals surface area contributed by atoms with Gasteiger partial charge in [0.05, 0.1) is 6.10 Å². The smallest absolute Gasteiger partial charge is 0.110 e. The van der Waals surface area contributed by atoms with Crippen molar-refractivity contribution in [2.75, 3.05) is 13.7 Å². The maximum Gasteiger partial charge on any atom is 0.110 e. The van der Waals surface area contributed by atoms with E-state index in [9.17, 15) is 0 Å². The van der Waals surface area contributed by atoms with E-state index in [1.54, 1.807) is 0 Å². The minimum absolute atomic E-state index is 0.205. The highest BCUT2D eigenvalue weighted by Crippen LogP contribution is 2.08. The van der Waals surface area contributed by atoms with Crippen molar-refractivity contribution in [3.63, 3.8) is 0 Å². The van der Waals surface area contributed by atoms with Gasteiger partial charge in [-0.05, 0) is 27.3 Å². The summed E-state index contributed by atoms with van der Waals surface area (Å²) in [6.45, 7) is 8.11. The summed E-state index contributed by atoms with van der Waals surface area (Å²) in [4.78, 5) is 4.43. The normalized spacial score (nSPS) is 14.8. The summed E-state index contributed by atoms with van der Waals surface area (Å²) in [5.74, 6) is 1.14. The van der Waals surface area contributed by atoms with Crippen LogP contribution in [0.5, 0.6) is 0 Å². The van der Waals surface area contributed by atoms with Crippen LogP contribution in [0, 0.1) is 0 Å². The molecule has 98 valence electrons. The monoisotopic (exact) mass is 239 g/mol. The topological polar surface area (TPSA) is 39.1 Å². The number of aromatic nitrogens is 2. The van der Waals surface area contributed by atoms with E-state index < -0.39 is 0 Å². The molecular weight excluding hydrogens is 214 g/mol. The summed E-state index contributed by atoms with van der Waals surface area (Å²) in [5, 5.41) is 3.32. The number of imidazole rings is 1. The van der Waals surface area contributed by atoms with E-state index in [-0.39, 0.29) is 6.10 Å². The third-order valence-electron chi connectivity index (χ3n) is 3.04. The van der Waals surface area contributed by atoms with Gasteiger partial charge in [0.15, 0.2) is 0 Å². The number of aryl methyl sites for hydroxylation is 1. The molecule has 0 saturated carbocycles. The molecule has 1 rings (SSSR count). The molecule has 0 saturated heterocycles. The lowest BCUT2D eigenvalue weighted by molar-refractivity contribution is 0.0489. The molecule has 0 bridgehead atoms. The van der Waals surface area contributed by atoms with Crippen LogP contribution in [0.4, 0.5) is 0 Å². The van der Waals surface area contributed by atoms with Gasteiger partial charge < -0.3 is 14.6 Å². The van der Waals surface area contributed by atoms with Crippen molar-refractivity contribution in [2.24, 2.45) is 0 Å². The first-order valence-electron chi connectivity index (χ1n) is 6.51. The molecule has 17 heavy (non-hydrogen) atoms. The number of hydrogen-bond acceptors (Lipinski definition) is 3. The Labute approximate surface area is 104 Å². The number of rotatable bonds is 8. The van der Waals surface area contributed by atoms with Crippen molar-refractivity contribution < 1.29 is 4.74 Å². The zero-order valence-electron chi connectivity index (χ0n) is 11.4. The number of likely N-dealkylation sites (N-methyl/N-ethyl adjacent to an activating group) is 1. The van der Waals surface area contributed by atoms with Crippen LogP contribution < -0.4 is 5.32 Å². The predicted molar refractivity (Wildman–Crippen MR) is 70.2 cm³/mol. The second-order valence-corrected chi connectivity index (χ2v) is 4.30. The SMILES string of the molecule is CCCn1ccnc1CC(NC)C(C)OCC. The van der Waals surface area contributed by atoms with Gasteiger partial charge in [-0.3, -0.25) is 0 Å². The van der Waals surface area contributed by atoms with Gasteiger partial charge in [0.1, 0.15) is 5.82 Å². The molecular formula is C13H25N3O. The minimum Gasteiger partial charge on any atom is -0.377 e. The zero-order chi connectivity index (χ0) is 12.7. The van der Waals surface area contributed by atoms with E-state index in [4.69, 9.17) is 4.74 Å². The highest BCUT2D eigenvalue weighted by atomic mass is 16.5. The molecule has 2 unspecified atom stereocenters. The Morgan fingerprint density at radius 3 is 2.82 bits per heavy atom. The highest BCUT2D eigenvalue weighted by molar-refractivity contribution is 4.96. The summed E-state index contributed by atoms with van der Waals surface area (Å²) in [6, 6.07) is 0.313. The highest BCUT2D eigenvalue weighted by Gasteiger charge is 2.18. The van der Waals surface area contributed by atoms with Crippen molar-refractivity contribution in [3.05, 3.63) is 18.2 Å². The summed E-state index contributed by atoms with van der Waals surface area (Å²) in [6.07, 6.45) is 6.18. The Bertz CT molecular complexity index is 311. The van der Waals surface area contributed by atoms with Crippen LogP contribution >= 0.6 is 0 Å². The number of nitrogens with zero attached hydrogens (tertiary/aromatic N) is 2. The van der Waals surface area contributed by atoms with Gasteiger partial charge in [-0.1, -0.05) is 6.92 Å². The van der Waals surface area contributed by atoms with Crippen molar-refractivity contribution in [3.8, 4) is 0 Å². The lowest BCUT2D eigenvalue weighted by Crippen LogP contribution is -2.40. The molecule has 0 amide bonds. The van der Waals surface area contributed by atoms with E-state index in [0.29, 0.717) is 6.04 Å². The lowest BCUT2D eigenvalue weighted by atomic mass is 10.1. The summed E-state index contributed by atoms with van der Waals surface area (Å²) >= 11 is 0. The first kappa shape index (κ1) is 14.2. The number of hydrogen-bond donors (Lipinski definition) is 1. The Kier molecular flexibility index (Phi) is 6.22. The number of nitrogens with one attached hydrogen (secondary N) is 1. The Hall–Kier alpha value is -0.870. The standard InChI is InChI=1S/C13H25N3O/c1-5-8-16-9-7-15-13(16)10-12(14-4)11(3)17-6-2/h7,9,11-12,14H,5-6,8,10H2,1-4H3. The fourth-order valence-electron chi connectivity index (χ4n) is 2.05. The quantitative estimate of drug-likeness (QED) is 0.752. The largest absolute Gasteiger partial charge is 0.377 e. The summed E-state index contributed by atoms with van der Waals surface area (Å²) in [5.41, 5.74) is 0. The first-order chi connectivity index (χ1) is 8.22. The van der Waals surface area contributed by atoms with Gasteiger partial charge >= 0.3 is 0 Å². The predicted octanol–water partition coefficient (Wildman–Crippen LogP) is 1.85. The number of ether oxygens (including phenoxy) is 1. The average Bonchev–Trinajstić information content (AvgIpc) is 2.74. The molecule has 4 nitrogen and oxygen atoms in total. The Morgan fingerprint density at radius 1 is 1.47 bits per heavy atom. The van der Waals surface area contributed by atoms with E-state index in [1.165, 1.54) is 0 Å². The van der Waals surface area contributed by atoms with Crippen molar-refractivity contribution in [2.45, 2.75) is 52.3 Å². The Morgan fingerprint density at radius 2 is 2.24 bits per heavy atom. The third-order valence-corrected chi connectivity index (χ3v) is 3.04. The first-order valence-corrected chi connectivity index (χ1v) is 6.51. The second kappa shape index (κ2) is 7.45. The second-order valence-electron chi connectivity index (χ2n) is 4.30. The van der Waals surface area contributed by atoms with Gasteiger partial charge in [-0.15, -0.1) is 0 Å². The molecule has 0 spiro atoms. The van der Waals surface area contributed by atoms with Crippen LogP contribution in [0.2, 0.25) is 0 Å². The fraction of sp³-hybridized carbons (Fsp3) is 0.769. The molecule has 1 aromatic rings. The molecule has 0 aromatic carbocycles. The van der Waals surface area contributed by atoms with Gasteiger partial charge in [0.2, 0.25) is 0 Å². The van der Waals surface area contributed by atoms with Crippen LogP contribution in [-0.4, -0.2) is 35.4 Å². The fourth-order valence-corrected chi connectivity index (χ4v) is 2.05. The van der Waals surface area contributed by atoms with E-state index in [0.717, 1.165) is 31.8 Å². The average molecular weight is 239 g/mol. The van der Waals surface area contributed by atoms with Crippen molar-refractivity contribution in [1.82, 2.24) is 14.9 Å².